The predicted octanol–water partition coefficient (Wildman–Crippen LogP) is 2.40. The van der Waals surface area contributed by atoms with E-state index in [1.165, 1.54) is 11.1 Å². The van der Waals surface area contributed by atoms with Crippen molar-refractivity contribution in [2.75, 3.05) is 25.2 Å². The van der Waals surface area contributed by atoms with Gasteiger partial charge in [0, 0.05) is 49.1 Å². The first-order chi connectivity index (χ1) is 14.5. The molecular formula is C20H30N4O3S2. The van der Waals surface area contributed by atoms with Crippen molar-refractivity contribution in [3.63, 3.8) is 0 Å². The number of thiophene rings is 1. The molecule has 2 aliphatic rings. The maximum Gasteiger partial charge on any atom is 0.149 e. The molecule has 0 radical (unpaired) electrons. The molecule has 0 aromatic carbocycles. The third-order valence-corrected chi connectivity index (χ3v) is 7.99. The van der Waals surface area contributed by atoms with Crippen LogP contribution in [-0.4, -0.2) is 59.5 Å². The van der Waals surface area contributed by atoms with Crippen molar-refractivity contribution in [3.05, 3.63) is 33.3 Å². The molecule has 1 saturated heterocycles. The molecule has 2 aromatic rings. The molecule has 0 amide bonds. The first-order valence-electron chi connectivity index (χ1n) is 11.1. The molecule has 0 aliphatic carbocycles. The third kappa shape index (κ3) is 4.57. The third-order valence-electron chi connectivity index (χ3n) is 5.77. The number of likely N-dealkylation sites (tertiary alicyclic amines) is 1. The second kappa shape index (κ2) is 8.09. The Hall–Kier alpha value is -1.29. The van der Waals surface area contributed by atoms with Crippen LogP contribution in [0.4, 0.5) is 0 Å². The first-order valence-corrected chi connectivity index (χ1v) is 13.0. The Labute approximate surface area is 179 Å². The maximum absolute atomic E-state index is 11.4. The molecule has 2 aliphatic heterocycles. The Balaban J connectivity index is 1.50. The summed E-state index contributed by atoms with van der Waals surface area (Å²) in [5.74, 6) is 0.0215. The fraction of sp³-hybridized carbons (Fsp3) is 0.700. The van der Waals surface area contributed by atoms with Gasteiger partial charge in [-0.2, -0.15) is 0 Å². The van der Waals surface area contributed by atoms with Gasteiger partial charge >= 0.3 is 0 Å². The number of rotatable bonds is 6. The Morgan fingerprint density at radius 1 is 1.52 bits per heavy atom. The van der Waals surface area contributed by atoms with Crippen molar-refractivity contribution < 1.29 is 15.9 Å². The summed E-state index contributed by atoms with van der Waals surface area (Å²) < 4.78 is 48.4. The van der Waals surface area contributed by atoms with Crippen LogP contribution in [0.15, 0.2) is 12.2 Å². The minimum Gasteiger partial charge on any atom is -0.370 e. The lowest BCUT2D eigenvalue weighted by Crippen LogP contribution is -2.50. The van der Waals surface area contributed by atoms with E-state index < -0.39 is 21.5 Å². The molecule has 2 aromatic heterocycles. The number of aryl methyl sites for hydroxylation is 2. The number of fused-ring (bicyclic) bond motifs is 2. The zero-order valence-electron chi connectivity index (χ0n) is 19.3. The Morgan fingerprint density at radius 3 is 3.07 bits per heavy atom. The topological polar surface area (TPSA) is 77.3 Å². The van der Waals surface area contributed by atoms with Crippen molar-refractivity contribution in [1.29, 1.82) is 0 Å². The minimum atomic E-state index is -3.06. The van der Waals surface area contributed by atoms with Crippen LogP contribution in [0, 0.1) is 0 Å². The van der Waals surface area contributed by atoms with Crippen LogP contribution in [0.5, 0.6) is 0 Å². The van der Waals surface area contributed by atoms with Gasteiger partial charge in [0.05, 0.1) is 31.6 Å². The molecular weight excluding hydrogens is 408 g/mol. The van der Waals surface area contributed by atoms with Crippen molar-refractivity contribution in [3.8, 4) is 0 Å². The molecule has 4 rings (SSSR count). The molecule has 2 atom stereocenters. The fourth-order valence-electron chi connectivity index (χ4n) is 4.20. The van der Waals surface area contributed by atoms with E-state index >= 15 is 0 Å². The summed E-state index contributed by atoms with van der Waals surface area (Å²) in [7, 11) is -3.06. The number of hydrogen-bond donors (Lipinski definition) is 0. The second-order valence-corrected chi connectivity index (χ2v) is 11.5. The largest absolute Gasteiger partial charge is 0.370 e. The standard InChI is InChI=1S/C20H30N4O3S2/c1-4-17-11-18-19(28-17)5-9-27-20(18)6-7-23(15(2)12-20)13-16-14-24(22-21-16)8-10-29(3,25)26/h11,14-15H,4-10,12-13H2,1-3H3/t15-,20+/m0/s1/i11D,15D. The predicted molar refractivity (Wildman–Crippen MR) is 114 cm³/mol. The van der Waals surface area contributed by atoms with Gasteiger partial charge in [0.25, 0.3) is 0 Å². The van der Waals surface area contributed by atoms with E-state index in [-0.39, 0.29) is 12.3 Å². The van der Waals surface area contributed by atoms with Gasteiger partial charge in [-0.3, -0.25) is 9.58 Å². The van der Waals surface area contributed by atoms with E-state index in [2.05, 4.69) is 22.1 Å². The van der Waals surface area contributed by atoms with Gasteiger partial charge in [-0.25, -0.2) is 8.42 Å². The molecule has 9 heteroatoms. The van der Waals surface area contributed by atoms with E-state index in [1.54, 1.807) is 22.2 Å². The smallest absolute Gasteiger partial charge is 0.149 e. The van der Waals surface area contributed by atoms with E-state index in [0.29, 0.717) is 32.2 Å². The second-order valence-electron chi connectivity index (χ2n) is 8.08. The minimum absolute atomic E-state index is 0.0215. The van der Waals surface area contributed by atoms with Crippen LogP contribution in [-0.2, 0) is 46.1 Å². The Bertz CT molecular complexity index is 1070. The molecule has 4 heterocycles. The van der Waals surface area contributed by atoms with Crippen molar-refractivity contribution in [2.45, 2.75) is 64.2 Å². The van der Waals surface area contributed by atoms with Crippen molar-refractivity contribution in [2.24, 2.45) is 0 Å². The summed E-state index contributed by atoms with van der Waals surface area (Å²) in [4.78, 5) is 4.43. The first kappa shape index (κ1) is 18.5. The van der Waals surface area contributed by atoms with Gasteiger partial charge < -0.3 is 4.74 Å². The summed E-state index contributed by atoms with van der Waals surface area (Å²) in [6.45, 7) is 6.03. The summed E-state index contributed by atoms with van der Waals surface area (Å²) >= 11 is 1.74. The molecule has 1 fully saturated rings. The van der Waals surface area contributed by atoms with E-state index in [4.69, 9.17) is 7.48 Å². The average Bonchev–Trinajstić information content (AvgIpc) is 3.26. The maximum atomic E-state index is 11.4. The van der Waals surface area contributed by atoms with Gasteiger partial charge in [0.15, 0.2) is 0 Å². The number of sulfone groups is 1. The highest BCUT2D eigenvalue weighted by atomic mass is 32.2. The highest BCUT2D eigenvalue weighted by molar-refractivity contribution is 7.90. The fourth-order valence-corrected chi connectivity index (χ4v) is 5.83. The molecule has 1 spiro atoms. The number of aromatic nitrogens is 3. The normalized spacial score (nSPS) is 28.9. The summed E-state index contributed by atoms with van der Waals surface area (Å²) in [5.41, 5.74) is 1.18. The number of hydrogen-bond acceptors (Lipinski definition) is 7. The van der Waals surface area contributed by atoms with Crippen LogP contribution in [0.3, 0.4) is 0 Å². The summed E-state index contributed by atoms with van der Waals surface area (Å²) in [6.07, 6.45) is 5.91. The van der Waals surface area contributed by atoms with Gasteiger partial charge in [-0.15, -0.1) is 16.4 Å². The van der Waals surface area contributed by atoms with E-state index in [1.807, 2.05) is 6.92 Å². The molecule has 0 unspecified atom stereocenters. The number of nitrogens with zero attached hydrogens (tertiary/aromatic N) is 4. The number of piperidine rings is 1. The summed E-state index contributed by atoms with van der Waals surface area (Å²) in [5, 5.41) is 8.21. The average molecular weight is 441 g/mol. The Morgan fingerprint density at radius 2 is 2.34 bits per heavy atom. The van der Waals surface area contributed by atoms with Gasteiger partial charge in [-0.1, -0.05) is 12.1 Å². The molecule has 160 valence electrons. The number of ether oxygens (including phenoxy) is 1. The molecule has 0 bridgehead atoms. The lowest BCUT2D eigenvalue weighted by molar-refractivity contribution is -0.112. The van der Waals surface area contributed by atoms with Crippen molar-refractivity contribution >= 4 is 21.2 Å². The van der Waals surface area contributed by atoms with E-state index in [9.17, 15) is 8.42 Å². The molecule has 0 N–H and O–H groups in total. The SMILES string of the molecule is [2H]c1c(CC)sc2c1[C@]1(CCN(Cc3cn(CCS(C)(=O)=O)nn3)[C@@]([2H])(C)C1)OCC2. The van der Waals surface area contributed by atoms with E-state index in [0.717, 1.165) is 35.4 Å². The Kier molecular flexibility index (Phi) is 5.16. The van der Waals surface area contributed by atoms with Crippen LogP contribution in [0.1, 0.15) is 50.4 Å². The zero-order chi connectivity index (χ0) is 22.4. The lowest BCUT2D eigenvalue weighted by Gasteiger charge is -2.47. The van der Waals surface area contributed by atoms with Crippen LogP contribution in [0.25, 0.3) is 0 Å². The van der Waals surface area contributed by atoms with Gasteiger partial charge in [-0.05, 0) is 37.8 Å². The zero-order valence-corrected chi connectivity index (χ0v) is 18.9. The van der Waals surface area contributed by atoms with Crippen LogP contribution in [0.2, 0.25) is 0 Å². The molecule has 29 heavy (non-hydrogen) atoms. The van der Waals surface area contributed by atoms with Gasteiger partial charge in [0.1, 0.15) is 9.84 Å². The van der Waals surface area contributed by atoms with Crippen LogP contribution >= 0.6 is 11.3 Å². The quantitative estimate of drug-likeness (QED) is 0.686. The summed E-state index contributed by atoms with van der Waals surface area (Å²) in [6, 6.07) is -0.273. The monoisotopic (exact) mass is 440 g/mol. The van der Waals surface area contributed by atoms with Gasteiger partial charge in [0.2, 0.25) is 0 Å². The van der Waals surface area contributed by atoms with Crippen LogP contribution < -0.4 is 0 Å². The molecule has 0 saturated carbocycles. The highest BCUT2D eigenvalue weighted by Gasteiger charge is 2.44. The lowest BCUT2D eigenvalue weighted by atomic mass is 9.79. The highest BCUT2D eigenvalue weighted by Crippen LogP contribution is 2.46. The molecule has 7 nitrogen and oxygen atoms in total. The van der Waals surface area contributed by atoms with Crippen molar-refractivity contribution in [1.82, 2.24) is 19.9 Å².